The first-order chi connectivity index (χ1) is 17.0. The van der Waals surface area contributed by atoms with Crippen LogP contribution in [0.15, 0.2) is 66.9 Å². The molecule has 0 saturated carbocycles. The lowest BCUT2D eigenvalue weighted by Crippen LogP contribution is -2.33. The second-order valence-corrected chi connectivity index (χ2v) is 8.42. The van der Waals surface area contributed by atoms with Gasteiger partial charge < -0.3 is 15.2 Å². The fourth-order valence-electron chi connectivity index (χ4n) is 4.32. The van der Waals surface area contributed by atoms with Crippen LogP contribution in [0, 0.1) is 5.92 Å². The molecule has 3 N–H and O–H groups in total. The lowest BCUT2D eigenvalue weighted by Gasteiger charge is -2.14. The largest absolute Gasteiger partial charge is 0.481 e. The molecule has 1 aliphatic rings. The third kappa shape index (κ3) is 5.48. The van der Waals surface area contributed by atoms with Crippen LogP contribution >= 0.6 is 0 Å². The molecule has 0 spiro atoms. The van der Waals surface area contributed by atoms with E-state index in [4.69, 9.17) is 4.74 Å². The van der Waals surface area contributed by atoms with Gasteiger partial charge in [-0.05, 0) is 40.8 Å². The number of hydrogen-bond donors (Lipinski definition) is 3. The predicted molar refractivity (Wildman–Crippen MR) is 131 cm³/mol. The molecule has 0 saturated heterocycles. The van der Waals surface area contributed by atoms with Crippen LogP contribution in [-0.2, 0) is 9.53 Å². The van der Waals surface area contributed by atoms with Gasteiger partial charge in [-0.3, -0.25) is 14.9 Å². The highest BCUT2D eigenvalue weighted by molar-refractivity contribution is 5.93. The summed E-state index contributed by atoms with van der Waals surface area (Å²) in [7, 11) is 0. The molecule has 2 aromatic carbocycles. The van der Waals surface area contributed by atoms with Gasteiger partial charge in [0.15, 0.2) is 0 Å². The lowest BCUT2D eigenvalue weighted by molar-refractivity contribution is -0.141. The number of carbonyl (C=O) groups excluding carboxylic acids is 2. The maximum atomic E-state index is 12.4. The van der Waals surface area contributed by atoms with Crippen LogP contribution in [-0.4, -0.2) is 41.2 Å². The first-order valence-electron chi connectivity index (χ1n) is 11.6. The number of aromatic nitrogens is 1. The molecule has 1 aromatic heterocycles. The van der Waals surface area contributed by atoms with Crippen LogP contribution in [0.5, 0.6) is 0 Å². The minimum absolute atomic E-state index is 0.0312. The van der Waals surface area contributed by atoms with Gasteiger partial charge in [0.25, 0.3) is 5.91 Å². The van der Waals surface area contributed by atoms with Gasteiger partial charge in [0.1, 0.15) is 12.3 Å². The molecule has 180 valence electrons. The Bertz CT molecular complexity index is 1180. The van der Waals surface area contributed by atoms with Crippen LogP contribution in [0.3, 0.4) is 0 Å². The number of nitrogens with one attached hydrogen (secondary N) is 2. The van der Waals surface area contributed by atoms with Crippen LogP contribution in [0.2, 0.25) is 0 Å². The number of rotatable bonds is 9. The second kappa shape index (κ2) is 10.8. The van der Waals surface area contributed by atoms with Crippen molar-refractivity contribution < 1.29 is 24.2 Å². The van der Waals surface area contributed by atoms with Crippen molar-refractivity contribution in [3.8, 4) is 11.1 Å². The maximum absolute atomic E-state index is 12.4. The van der Waals surface area contributed by atoms with E-state index in [1.54, 1.807) is 6.07 Å². The minimum atomic E-state index is -0.942. The Morgan fingerprint density at radius 3 is 2.23 bits per heavy atom. The number of carboxylic acid groups (broad SMARTS) is 1. The number of aliphatic carboxylic acids is 1. The molecule has 0 aliphatic heterocycles. The van der Waals surface area contributed by atoms with Crippen molar-refractivity contribution in [1.29, 1.82) is 0 Å². The number of fused-ring (bicyclic) bond motifs is 3. The molecular weight excluding hydrogens is 446 g/mol. The van der Waals surface area contributed by atoms with Crippen LogP contribution < -0.4 is 10.6 Å². The standard InChI is InChI=1S/C27H27N3O5/c1-2-7-17(26(32)33)14-29-25(31)24-13-12-18(15-28-24)30-27(34)35-16-23-21-10-5-3-8-19(21)20-9-4-6-11-22(20)23/h3-6,8-13,15,17,23H,2,7,14,16H2,1H3,(H,29,31)(H,30,34)(H,32,33). The number of ether oxygens (including phenoxy) is 1. The summed E-state index contributed by atoms with van der Waals surface area (Å²) in [6.07, 6.45) is 1.93. The van der Waals surface area contributed by atoms with Gasteiger partial charge in [-0.2, -0.15) is 0 Å². The van der Waals surface area contributed by atoms with Gasteiger partial charge in [-0.25, -0.2) is 9.78 Å². The Morgan fingerprint density at radius 2 is 1.66 bits per heavy atom. The summed E-state index contributed by atoms with van der Waals surface area (Å²) in [6.45, 7) is 2.11. The molecule has 0 fully saturated rings. The highest BCUT2D eigenvalue weighted by Crippen LogP contribution is 2.44. The summed E-state index contributed by atoms with van der Waals surface area (Å²) < 4.78 is 5.52. The Labute approximate surface area is 203 Å². The summed E-state index contributed by atoms with van der Waals surface area (Å²) in [5.74, 6) is -2.10. The molecule has 1 heterocycles. The van der Waals surface area contributed by atoms with E-state index in [-0.39, 0.29) is 24.8 Å². The highest BCUT2D eigenvalue weighted by atomic mass is 16.5. The van der Waals surface area contributed by atoms with Crippen molar-refractivity contribution in [1.82, 2.24) is 10.3 Å². The van der Waals surface area contributed by atoms with E-state index >= 15 is 0 Å². The zero-order valence-corrected chi connectivity index (χ0v) is 19.4. The van der Waals surface area contributed by atoms with Gasteiger partial charge in [0, 0.05) is 12.5 Å². The molecule has 1 aliphatic carbocycles. The number of carboxylic acids is 1. The highest BCUT2D eigenvalue weighted by Gasteiger charge is 2.29. The van der Waals surface area contributed by atoms with Crippen LogP contribution in [0.1, 0.15) is 47.3 Å². The van der Waals surface area contributed by atoms with E-state index in [1.165, 1.54) is 12.3 Å². The maximum Gasteiger partial charge on any atom is 0.411 e. The van der Waals surface area contributed by atoms with E-state index < -0.39 is 23.9 Å². The topological polar surface area (TPSA) is 118 Å². The third-order valence-electron chi connectivity index (χ3n) is 6.08. The number of amides is 2. The third-order valence-corrected chi connectivity index (χ3v) is 6.08. The zero-order valence-electron chi connectivity index (χ0n) is 19.4. The molecular formula is C27H27N3O5. The smallest absolute Gasteiger partial charge is 0.411 e. The number of benzene rings is 2. The average molecular weight is 474 g/mol. The minimum Gasteiger partial charge on any atom is -0.481 e. The van der Waals surface area contributed by atoms with Gasteiger partial charge in [-0.15, -0.1) is 0 Å². The number of carbonyl (C=O) groups is 3. The quantitative estimate of drug-likeness (QED) is 0.416. The van der Waals surface area contributed by atoms with Crippen molar-refractivity contribution in [2.45, 2.75) is 25.7 Å². The predicted octanol–water partition coefficient (Wildman–Crippen LogP) is 4.67. The molecule has 0 radical (unpaired) electrons. The summed E-state index contributed by atoms with van der Waals surface area (Å²) in [4.78, 5) is 40.0. The Hall–Kier alpha value is -4.20. The van der Waals surface area contributed by atoms with Gasteiger partial charge in [0.2, 0.25) is 0 Å². The first kappa shape index (κ1) is 23.9. The first-order valence-corrected chi connectivity index (χ1v) is 11.6. The van der Waals surface area contributed by atoms with Crippen molar-refractivity contribution in [3.05, 3.63) is 83.7 Å². The fourth-order valence-corrected chi connectivity index (χ4v) is 4.32. The lowest BCUT2D eigenvalue weighted by atomic mass is 9.98. The summed E-state index contributed by atoms with van der Waals surface area (Å²) in [5.41, 5.74) is 5.07. The van der Waals surface area contributed by atoms with Crippen molar-refractivity contribution in [3.63, 3.8) is 0 Å². The Morgan fingerprint density at radius 1 is 1.00 bits per heavy atom. The number of nitrogens with zero attached hydrogens (tertiary/aromatic N) is 1. The molecule has 4 rings (SSSR count). The van der Waals surface area contributed by atoms with E-state index in [2.05, 4.69) is 39.9 Å². The fraction of sp³-hybridized carbons (Fsp3) is 0.259. The number of pyridine rings is 1. The monoisotopic (exact) mass is 473 g/mol. The Kier molecular flexibility index (Phi) is 7.40. The molecule has 8 nitrogen and oxygen atoms in total. The molecule has 3 aromatic rings. The van der Waals surface area contributed by atoms with E-state index in [9.17, 15) is 19.5 Å². The van der Waals surface area contributed by atoms with Crippen molar-refractivity contribution >= 4 is 23.7 Å². The summed E-state index contributed by atoms with van der Waals surface area (Å²) in [5, 5.41) is 14.4. The zero-order chi connectivity index (χ0) is 24.8. The van der Waals surface area contributed by atoms with E-state index in [0.717, 1.165) is 22.3 Å². The van der Waals surface area contributed by atoms with E-state index in [1.807, 2.05) is 31.2 Å². The van der Waals surface area contributed by atoms with Crippen LogP contribution in [0.25, 0.3) is 11.1 Å². The molecule has 1 unspecified atom stereocenters. The Balaban J connectivity index is 1.32. The molecule has 35 heavy (non-hydrogen) atoms. The van der Waals surface area contributed by atoms with Gasteiger partial charge in [0.05, 0.1) is 17.8 Å². The summed E-state index contributed by atoms with van der Waals surface area (Å²) >= 11 is 0. The number of anilines is 1. The van der Waals surface area contributed by atoms with E-state index in [0.29, 0.717) is 18.5 Å². The molecule has 1 atom stereocenters. The van der Waals surface area contributed by atoms with Crippen LogP contribution in [0.4, 0.5) is 10.5 Å². The average Bonchev–Trinajstić information content (AvgIpc) is 3.19. The SMILES string of the molecule is CCCC(CNC(=O)c1ccc(NC(=O)OCC2c3ccccc3-c3ccccc32)cn1)C(=O)O. The van der Waals surface area contributed by atoms with Crippen molar-refractivity contribution in [2.24, 2.45) is 5.92 Å². The number of hydrogen-bond acceptors (Lipinski definition) is 5. The molecule has 8 heteroatoms. The molecule has 2 amide bonds. The normalized spacial score (nSPS) is 12.8. The molecule has 0 bridgehead atoms. The second-order valence-electron chi connectivity index (χ2n) is 8.42. The van der Waals surface area contributed by atoms with Crippen molar-refractivity contribution in [2.75, 3.05) is 18.5 Å². The van der Waals surface area contributed by atoms with Gasteiger partial charge >= 0.3 is 12.1 Å². The summed E-state index contributed by atoms with van der Waals surface area (Å²) in [6, 6.07) is 19.2. The van der Waals surface area contributed by atoms with Gasteiger partial charge in [-0.1, -0.05) is 61.9 Å².